The number of hydrogen-bond acceptors (Lipinski definition) is 2. The van der Waals surface area contributed by atoms with Crippen LogP contribution in [0.5, 0.6) is 0 Å². The highest BCUT2D eigenvalue weighted by atomic mass is 19.1. The zero-order valence-electron chi connectivity index (χ0n) is 12.1. The van der Waals surface area contributed by atoms with E-state index in [2.05, 4.69) is 25.7 Å². The van der Waals surface area contributed by atoms with Crippen LogP contribution in [-0.4, -0.2) is 29.6 Å². The zero-order chi connectivity index (χ0) is 14.0. The van der Waals surface area contributed by atoms with Crippen molar-refractivity contribution < 1.29 is 4.39 Å². The molecule has 4 atom stereocenters. The first kappa shape index (κ1) is 14.5. The van der Waals surface area contributed by atoms with Crippen molar-refractivity contribution in [1.29, 1.82) is 0 Å². The average molecular weight is 264 g/mol. The minimum absolute atomic E-state index is 0.165. The van der Waals surface area contributed by atoms with Gasteiger partial charge in [-0.15, -0.1) is 0 Å². The van der Waals surface area contributed by atoms with Gasteiger partial charge in [0, 0.05) is 24.7 Å². The molecular formula is C16H25FN2. The maximum Gasteiger partial charge on any atom is 0.123 e. The predicted octanol–water partition coefficient (Wildman–Crippen LogP) is 2.81. The Morgan fingerprint density at radius 2 is 1.95 bits per heavy atom. The number of rotatable bonds is 3. The monoisotopic (exact) mass is 264 g/mol. The maximum atomic E-state index is 12.9. The fraction of sp³-hybridized carbons (Fsp3) is 0.625. The van der Waals surface area contributed by atoms with E-state index >= 15 is 0 Å². The Labute approximate surface area is 115 Å². The number of hydrogen-bond donors (Lipinski definition) is 1. The van der Waals surface area contributed by atoms with Crippen LogP contribution in [0.1, 0.15) is 32.8 Å². The first-order chi connectivity index (χ1) is 8.99. The smallest absolute Gasteiger partial charge is 0.123 e. The second-order valence-electron chi connectivity index (χ2n) is 5.97. The summed E-state index contributed by atoms with van der Waals surface area (Å²) in [4.78, 5) is 2.54. The van der Waals surface area contributed by atoms with E-state index in [4.69, 9.17) is 5.73 Å². The van der Waals surface area contributed by atoms with Crippen molar-refractivity contribution in [3.63, 3.8) is 0 Å². The third-order valence-corrected chi connectivity index (χ3v) is 4.69. The van der Waals surface area contributed by atoms with Gasteiger partial charge in [-0.25, -0.2) is 4.39 Å². The number of halogens is 1. The van der Waals surface area contributed by atoms with Crippen LogP contribution in [0.4, 0.5) is 4.39 Å². The van der Waals surface area contributed by atoms with Gasteiger partial charge in [-0.3, -0.25) is 4.90 Å². The highest BCUT2D eigenvalue weighted by molar-refractivity contribution is 5.17. The molecule has 3 heteroatoms. The second-order valence-corrected chi connectivity index (χ2v) is 5.97. The van der Waals surface area contributed by atoms with Crippen LogP contribution in [-0.2, 0) is 6.42 Å². The topological polar surface area (TPSA) is 29.3 Å². The summed E-state index contributed by atoms with van der Waals surface area (Å²) in [5, 5.41) is 0. The number of likely N-dealkylation sites (tertiary alicyclic amines) is 1. The normalized spacial score (nSPS) is 30.3. The minimum atomic E-state index is -0.165. The molecule has 1 aliphatic rings. The van der Waals surface area contributed by atoms with Crippen LogP contribution in [0, 0.1) is 11.7 Å². The van der Waals surface area contributed by atoms with Gasteiger partial charge in [0.25, 0.3) is 0 Å². The molecule has 2 rings (SSSR count). The summed E-state index contributed by atoms with van der Waals surface area (Å²) in [5.41, 5.74) is 7.33. The van der Waals surface area contributed by atoms with E-state index in [0.29, 0.717) is 24.0 Å². The van der Waals surface area contributed by atoms with Gasteiger partial charge < -0.3 is 5.73 Å². The van der Waals surface area contributed by atoms with Crippen molar-refractivity contribution in [1.82, 2.24) is 4.90 Å². The fourth-order valence-electron chi connectivity index (χ4n) is 3.13. The molecule has 1 aliphatic heterocycles. The number of nitrogens with two attached hydrogens (primary N) is 1. The van der Waals surface area contributed by atoms with Gasteiger partial charge in [-0.2, -0.15) is 0 Å². The molecule has 1 fully saturated rings. The van der Waals surface area contributed by atoms with Crippen molar-refractivity contribution in [2.75, 3.05) is 6.54 Å². The number of nitrogens with zero attached hydrogens (tertiary/aromatic N) is 1. The Balaban J connectivity index is 1.99. The SMILES string of the molecule is CC1C(N)CCN(C(C)Cc2ccc(F)cc2)C1C. The standard InChI is InChI=1S/C16H25FN2/c1-11(10-14-4-6-15(17)7-5-14)19-9-8-16(18)12(2)13(19)3/h4-7,11-13,16H,8-10,18H2,1-3H3. The highest BCUT2D eigenvalue weighted by Gasteiger charge is 2.32. The molecule has 4 unspecified atom stereocenters. The van der Waals surface area contributed by atoms with Crippen molar-refractivity contribution in [2.24, 2.45) is 11.7 Å². The average Bonchev–Trinajstić information content (AvgIpc) is 2.39. The second kappa shape index (κ2) is 6.02. The molecule has 0 amide bonds. The van der Waals surface area contributed by atoms with E-state index in [-0.39, 0.29) is 5.82 Å². The predicted molar refractivity (Wildman–Crippen MR) is 77.5 cm³/mol. The van der Waals surface area contributed by atoms with Crippen molar-refractivity contribution in [2.45, 2.75) is 51.7 Å². The Hall–Kier alpha value is -0.930. The van der Waals surface area contributed by atoms with E-state index < -0.39 is 0 Å². The summed E-state index contributed by atoms with van der Waals surface area (Å²) in [6.45, 7) is 7.83. The third-order valence-electron chi connectivity index (χ3n) is 4.69. The van der Waals surface area contributed by atoms with Crippen LogP contribution in [0.25, 0.3) is 0 Å². The van der Waals surface area contributed by atoms with E-state index in [1.807, 2.05) is 12.1 Å². The molecule has 0 radical (unpaired) electrons. The summed E-state index contributed by atoms with van der Waals surface area (Å²) in [5.74, 6) is 0.367. The lowest BCUT2D eigenvalue weighted by atomic mass is 9.86. The van der Waals surface area contributed by atoms with Crippen molar-refractivity contribution in [3.05, 3.63) is 35.6 Å². The van der Waals surface area contributed by atoms with E-state index in [0.717, 1.165) is 19.4 Å². The molecular weight excluding hydrogens is 239 g/mol. The number of piperidine rings is 1. The molecule has 1 aromatic carbocycles. The summed E-state index contributed by atoms with van der Waals surface area (Å²) in [7, 11) is 0. The Kier molecular flexibility index (Phi) is 4.58. The first-order valence-electron chi connectivity index (χ1n) is 7.25. The zero-order valence-corrected chi connectivity index (χ0v) is 12.1. The van der Waals surface area contributed by atoms with Crippen LogP contribution >= 0.6 is 0 Å². The van der Waals surface area contributed by atoms with Gasteiger partial charge in [0.1, 0.15) is 5.82 Å². The lowest BCUT2D eigenvalue weighted by Gasteiger charge is -2.44. The largest absolute Gasteiger partial charge is 0.327 e. The van der Waals surface area contributed by atoms with Gasteiger partial charge in [0.05, 0.1) is 0 Å². The van der Waals surface area contributed by atoms with Crippen LogP contribution in [0.3, 0.4) is 0 Å². The molecule has 2 N–H and O–H groups in total. The molecule has 0 aliphatic carbocycles. The molecule has 106 valence electrons. The van der Waals surface area contributed by atoms with Gasteiger partial charge in [-0.05, 0) is 50.3 Å². The van der Waals surface area contributed by atoms with Crippen LogP contribution in [0.15, 0.2) is 24.3 Å². The molecule has 0 spiro atoms. The lowest BCUT2D eigenvalue weighted by molar-refractivity contribution is 0.0630. The van der Waals surface area contributed by atoms with Crippen LogP contribution < -0.4 is 5.73 Å². The Bertz CT molecular complexity index is 404. The summed E-state index contributed by atoms with van der Waals surface area (Å²) in [6, 6.07) is 8.16. The fourth-order valence-corrected chi connectivity index (χ4v) is 3.13. The molecule has 1 saturated heterocycles. The molecule has 2 nitrogen and oxygen atoms in total. The number of benzene rings is 1. The highest BCUT2D eigenvalue weighted by Crippen LogP contribution is 2.25. The van der Waals surface area contributed by atoms with E-state index in [1.54, 1.807) is 12.1 Å². The van der Waals surface area contributed by atoms with Crippen LogP contribution in [0.2, 0.25) is 0 Å². The summed E-state index contributed by atoms with van der Waals surface area (Å²) in [6.07, 6.45) is 2.03. The molecule has 1 heterocycles. The lowest BCUT2D eigenvalue weighted by Crippen LogP contribution is -2.54. The first-order valence-corrected chi connectivity index (χ1v) is 7.25. The molecule has 0 bridgehead atoms. The molecule has 0 aromatic heterocycles. The summed E-state index contributed by atoms with van der Waals surface area (Å²) >= 11 is 0. The maximum absolute atomic E-state index is 12.9. The van der Waals surface area contributed by atoms with Crippen molar-refractivity contribution in [3.8, 4) is 0 Å². The Morgan fingerprint density at radius 1 is 1.32 bits per heavy atom. The molecule has 19 heavy (non-hydrogen) atoms. The van der Waals surface area contributed by atoms with Gasteiger partial charge in [0.15, 0.2) is 0 Å². The van der Waals surface area contributed by atoms with Gasteiger partial charge in [-0.1, -0.05) is 19.1 Å². The molecule has 1 aromatic rings. The quantitative estimate of drug-likeness (QED) is 0.909. The van der Waals surface area contributed by atoms with E-state index in [1.165, 1.54) is 5.56 Å². The Morgan fingerprint density at radius 3 is 2.58 bits per heavy atom. The summed E-state index contributed by atoms with van der Waals surface area (Å²) < 4.78 is 12.9. The third kappa shape index (κ3) is 3.34. The van der Waals surface area contributed by atoms with Gasteiger partial charge >= 0.3 is 0 Å². The van der Waals surface area contributed by atoms with Crippen molar-refractivity contribution >= 4 is 0 Å². The van der Waals surface area contributed by atoms with E-state index in [9.17, 15) is 4.39 Å². The molecule has 0 saturated carbocycles. The minimum Gasteiger partial charge on any atom is -0.327 e. The van der Waals surface area contributed by atoms with Gasteiger partial charge in [0.2, 0.25) is 0 Å².